The third kappa shape index (κ3) is 3.32. The first-order chi connectivity index (χ1) is 15.5. The number of likely N-dealkylation sites (N-methyl/N-ethyl adjacent to an activating group) is 1. The number of nitrogens with zero attached hydrogens (tertiary/aromatic N) is 6. The van der Waals surface area contributed by atoms with E-state index >= 15 is 0 Å². The molecular formula is C22H22ClFN6O2. The van der Waals surface area contributed by atoms with Crippen molar-refractivity contribution in [2.75, 3.05) is 30.1 Å². The molecule has 0 N–H and O–H groups in total. The molecule has 0 aliphatic carbocycles. The Hall–Kier alpha value is -3.04. The molecule has 5 rings (SSSR count). The molecule has 2 atom stereocenters. The highest BCUT2D eigenvalue weighted by atomic mass is 35.5. The SMILES string of the molecule is CC[C@@H]1C(=O)N(C)c2cnc(-n3ccnc3-c3ccc(F)c(Cl)c3)nc2N1C1CCOC1. The first kappa shape index (κ1) is 20.8. The molecule has 0 saturated carbocycles. The average Bonchev–Trinajstić information content (AvgIpc) is 3.50. The second-order valence-corrected chi connectivity index (χ2v) is 8.28. The number of aromatic nitrogens is 4. The Labute approximate surface area is 189 Å². The Morgan fingerprint density at radius 1 is 1.31 bits per heavy atom. The van der Waals surface area contributed by atoms with E-state index in [1.54, 1.807) is 41.2 Å². The minimum absolute atomic E-state index is 0.0155. The van der Waals surface area contributed by atoms with Crippen molar-refractivity contribution in [2.24, 2.45) is 0 Å². The number of amides is 1. The molecule has 1 aromatic carbocycles. The molecule has 1 amide bonds. The molecule has 4 heterocycles. The Kier molecular flexibility index (Phi) is 5.30. The van der Waals surface area contributed by atoms with Gasteiger partial charge in [0.15, 0.2) is 5.82 Å². The van der Waals surface area contributed by atoms with Crippen molar-refractivity contribution in [2.45, 2.75) is 31.8 Å². The predicted molar refractivity (Wildman–Crippen MR) is 119 cm³/mol. The normalized spacial score (nSPS) is 20.7. The molecule has 2 aliphatic heterocycles. The predicted octanol–water partition coefficient (Wildman–Crippen LogP) is 3.47. The van der Waals surface area contributed by atoms with Crippen molar-refractivity contribution in [1.82, 2.24) is 19.5 Å². The highest BCUT2D eigenvalue weighted by Crippen LogP contribution is 2.38. The molecule has 1 unspecified atom stereocenters. The van der Waals surface area contributed by atoms with Crippen LogP contribution in [0.15, 0.2) is 36.8 Å². The summed E-state index contributed by atoms with van der Waals surface area (Å²) >= 11 is 5.98. The van der Waals surface area contributed by atoms with Crippen LogP contribution in [0.4, 0.5) is 15.9 Å². The standard InChI is InChI=1S/C22H22ClFN6O2/c1-3-17-21(31)28(2)18-11-26-22(27-20(18)30(17)14-6-9-32-12-14)29-8-7-25-19(29)13-4-5-16(24)15(23)10-13/h4-5,7-8,10-11,14,17H,3,6,9,12H2,1-2H3/t14?,17-/m1/s1. The summed E-state index contributed by atoms with van der Waals surface area (Å²) in [7, 11) is 1.75. The van der Waals surface area contributed by atoms with Crippen molar-refractivity contribution < 1.29 is 13.9 Å². The van der Waals surface area contributed by atoms with Gasteiger partial charge in [-0.2, -0.15) is 4.98 Å². The van der Waals surface area contributed by atoms with Gasteiger partial charge in [-0.15, -0.1) is 0 Å². The van der Waals surface area contributed by atoms with Gasteiger partial charge in [0.25, 0.3) is 0 Å². The molecule has 0 spiro atoms. The van der Waals surface area contributed by atoms with E-state index in [0.29, 0.717) is 48.5 Å². The number of hydrogen-bond acceptors (Lipinski definition) is 6. The zero-order chi connectivity index (χ0) is 22.4. The quantitative estimate of drug-likeness (QED) is 0.598. The lowest BCUT2D eigenvalue weighted by Crippen LogP contribution is -2.56. The molecule has 0 radical (unpaired) electrons. The van der Waals surface area contributed by atoms with Crippen molar-refractivity contribution in [3.8, 4) is 17.3 Å². The van der Waals surface area contributed by atoms with Gasteiger partial charge in [0.05, 0.1) is 23.9 Å². The fourth-order valence-electron chi connectivity index (χ4n) is 4.36. The van der Waals surface area contributed by atoms with Gasteiger partial charge in [0, 0.05) is 31.6 Å². The van der Waals surface area contributed by atoms with Crippen LogP contribution in [-0.2, 0) is 9.53 Å². The lowest BCUT2D eigenvalue weighted by molar-refractivity contribution is -0.120. The maximum Gasteiger partial charge on any atom is 0.249 e. The van der Waals surface area contributed by atoms with Gasteiger partial charge < -0.3 is 14.5 Å². The van der Waals surface area contributed by atoms with Gasteiger partial charge in [-0.05, 0) is 31.0 Å². The minimum atomic E-state index is -0.494. The summed E-state index contributed by atoms with van der Waals surface area (Å²) in [5.74, 6) is 1.16. The van der Waals surface area contributed by atoms with E-state index in [1.807, 2.05) is 6.92 Å². The number of carbonyl (C=O) groups is 1. The van der Waals surface area contributed by atoms with E-state index in [4.69, 9.17) is 21.3 Å². The van der Waals surface area contributed by atoms with E-state index in [0.717, 1.165) is 6.42 Å². The maximum atomic E-state index is 13.7. The molecule has 8 nitrogen and oxygen atoms in total. The monoisotopic (exact) mass is 456 g/mol. The number of imidazole rings is 1. The summed E-state index contributed by atoms with van der Waals surface area (Å²) < 4.78 is 21.0. The summed E-state index contributed by atoms with van der Waals surface area (Å²) in [6, 6.07) is 4.19. The van der Waals surface area contributed by atoms with Crippen LogP contribution < -0.4 is 9.80 Å². The van der Waals surface area contributed by atoms with Gasteiger partial charge in [-0.1, -0.05) is 18.5 Å². The number of hydrogen-bond donors (Lipinski definition) is 0. The second kappa shape index (κ2) is 8.14. The summed E-state index contributed by atoms with van der Waals surface area (Å²) in [6.45, 7) is 3.21. The number of halogens is 2. The molecule has 32 heavy (non-hydrogen) atoms. The summed E-state index contributed by atoms with van der Waals surface area (Å²) in [5.41, 5.74) is 1.30. The summed E-state index contributed by atoms with van der Waals surface area (Å²) in [4.78, 5) is 30.5. The van der Waals surface area contributed by atoms with Crippen molar-refractivity contribution >= 4 is 29.0 Å². The van der Waals surface area contributed by atoms with Crippen LogP contribution in [0.25, 0.3) is 17.3 Å². The Balaban J connectivity index is 1.62. The van der Waals surface area contributed by atoms with E-state index < -0.39 is 5.82 Å². The number of carbonyl (C=O) groups excluding carboxylic acids is 1. The first-order valence-electron chi connectivity index (χ1n) is 10.5. The number of benzene rings is 1. The summed E-state index contributed by atoms with van der Waals surface area (Å²) in [5, 5.41) is 0.0155. The maximum absolute atomic E-state index is 13.7. The van der Waals surface area contributed by atoms with Crippen LogP contribution in [0.2, 0.25) is 5.02 Å². The van der Waals surface area contributed by atoms with Crippen LogP contribution in [0.1, 0.15) is 19.8 Å². The van der Waals surface area contributed by atoms with E-state index in [2.05, 4.69) is 14.9 Å². The molecular weight excluding hydrogens is 435 g/mol. The number of fused-ring (bicyclic) bond motifs is 1. The molecule has 2 aliphatic rings. The van der Waals surface area contributed by atoms with Crippen LogP contribution in [0, 0.1) is 5.82 Å². The third-order valence-electron chi connectivity index (χ3n) is 6.01. The van der Waals surface area contributed by atoms with Gasteiger partial charge >= 0.3 is 0 Å². The van der Waals surface area contributed by atoms with Gasteiger partial charge in [0.2, 0.25) is 11.9 Å². The van der Waals surface area contributed by atoms with Crippen LogP contribution in [0.3, 0.4) is 0 Å². The Bertz CT molecular complexity index is 1180. The minimum Gasteiger partial charge on any atom is -0.379 e. The van der Waals surface area contributed by atoms with E-state index in [1.165, 1.54) is 12.1 Å². The highest BCUT2D eigenvalue weighted by molar-refractivity contribution is 6.31. The van der Waals surface area contributed by atoms with Gasteiger partial charge in [-0.3, -0.25) is 9.36 Å². The van der Waals surface area contributed by atoms with Crippen LogP contribution >= 0.6 is 11.6 Å². The van der Waals surface area contributed by atoms with Gasteiger partial charge in [0.1, 0.15) is 23.4 Å². The molecule has 2 aromatic heterocycles. The van der Waals surface area contributed by atoms with E-state index in [-0.39, 0.29) is 23.0 Å². The zero-order valence-corrected chi connectivity index (χ0v) is 18.5. The van der Waals surface area contributed by atoms with Crippen molar-refractivity contribution in [3.05, 3.63) is 47.6 Å². The largest absolute Gasteiger partial charge is 0.379 e. The molecule has 10 heteroatoms. The van der Waals surface area contributed by atoms with E-state index in [9.17, 15) is 9.18 Å². The number of rotatable bonds is 4. The molecule has 3 aromatic rings. The zero-order valence-electron chi connectivity index (χ0n) is 17.7. The number of ether oxygens (including phenoxy) is 1. The lowest BCUT2D eigenvalue weighted by Gasteiger charge is -2.43. The fraction of sp³-hybridized carbons (Fsp3) is 0.364. The molecule has 166 valence electrons. The number of anilines is 2. The topological polar surface area (TPSA) is 76.4 Å². The fourth-order valence-corrected chi connectivity index (χ4v) is 4.54. The molecule has 1 saturated heterocycles. The highest BCUT2D eigenvalue weighted by Gasteiger charge is 2.41. The first-order valence-corrected chi connectivity index (χ1v) is 10.9. The third-order valence-corrected chi connectivity index (χ3v) is 6.30. The average molecular weight is 457 g/mol. The molecule has 0 bridgehead atoms. The summed E-state index contributed by atoms with van der Waals surface area (Å²) in [6.07, 6.45) is 6.51. The molecule has 1 fully saturated rings. The van der Waals surface area contributed by atoms with Crippen molar-refractivity contribution in [3.63, 3.8) is 0 Å². The Morgan fingerprint density at radius 2 is 2.16 bits per heavy atom. The smallest absolute Gasteiger partial charge is 0.249 e. The van der Waals surface area contributed by atoms with Crippen LogP contribution in [-0.4, -0.2) is 57.8 Å². The van der Waals surface area contributed by atoms with Crippen LogP contribution in [0.5, 0.6) is 0 Å². The Morgan fingerprint density at radius 3 is 2.88 bits per heavy atom. The van der Waals surface area contributed by atoms with Gasteiger partial charge in [-0.25, -0.2) is 14.4 Å². The second-order valence-electron chi connectivity index (χ2n) is 7.87. The van der Waals surface area contributed by atoms with Crippen molar-refractivity contribution in [1.29, 1.82) is 0 Å². The lowest BCUT2D eigenvalue weighted by atomic mass is 10.0.